The summed E-state index contributed by atoms with van der Waals surface area (Å²) in [6, 6.07) is 0.743. The molecule has 0 aromatic rings. The van der Waals surface area contributed by atoms with Crippen molar-refractivity contribution in [2.24, 2.45) is 22.2 Å². The van der Waals surface area contributed by atoms with Gasteiger partial charge in [-0.2, -0.15) is 0 Å². The molecule has 2 fully saturated rings. The van der Waals surface area contributed by atoms with Gasteiger partial charge in [-0.1, -0.05) is 18.5 Å². The Balaban J connectivity index is 1.80. The highest BCUT2D eigenvalue weighted by atomic mass is 16.4. The molecule has 0 bridgehead atoms. The van der Waals surface area contributed by atoms with E-state index in [4.69, 9.17) is 10.9 Å². The summed E-state index contributed by atoms with van der Waals surface area (Å²) >= 11 is 0. The Morgan fingerprint density at radius 3 is 2.42 bits per heavy atom. The normalized spacial score (nSPS) is 30.6. The predicted molar refractivity (Wildman–Crippen MR) is 78.4 cm³/mol. The first-order valence-electron chi connectivity index (χ1n) is 7.75. The molecule has 0 saturated heterocycles. The molecular weight excluding hydrogens is 238 g/mol. The van der Waals surface area contributed by atoms with Gasteiger partial charge in [0.15, 0.2) is 0 Å². The fourth-order valence-corrected chi connectivity index (χ4v) is 3.64. The maximum absolute atomic E-state index is 8.71. The van der Waals surface area contributed by atoms with Crippen LogP contribution in [0.15, 0.2) is 5.16 Å². The number of nitrogens with two attached hydrogens (primary N) is 1. The summed E-state index contributed by atoms with van der Waals surface area (Å²) in [6.45, 7) is 3.41. The van der Waals surface area contributed by atoms with Crippen LogP contribution in [0.2, 0.25) is 0 Å². The van der Waals surface area contributed by atoms with Crippen LogP contribution in [-0.4, -0.2) is 35.6 Å². The molecule has 0 aliphatic heterocycles. The van der Waals surface area contributed by atoms with Crippen LogP contribution < -0.4 is 5.73 Å². The van der Waals surface area contributed by atoms with Crippen LogP contribution in [0.1, 0.15) is 58.3 Å². The van der Waals surface area contributed by atoms with Gasteiger partial charge in [-0.05, 0) is 56.9 Å². The zero-order valence-electron chi connectivity index (χ0n) is 12.4. The Kier molecular flexibility index (Phi) is 4.71. The molecule has 2 rings (SSSR count). The molecule has 110 valence electrons. The van der Waals surface area contributed by atoms with Crippen molar-refractivity contribution in [2.45, 2.75) is 64.3 Å². The molecule has 0 aromatic carbocycles. The van der Waals surface area contributed by atoms with Gasteiger partial charge in [-0.25, -0.2) is 0 Å². The van der Waals surface area contributed by atoms with Crippen molar-refractivity contribution >= 4 is 5.84 Å². The third-order valence-corrected chi connectivity index (χ3v) is 5.24. The summed E-state index contributed by atoms with van der Waals surface area (Å²) in [5.74, 6) is 1.34. The first kappa shape index (κ1) is 14.6. The number of hydrogen-bond acceptors (Lipinski definition) is 3. The maximum atomic E-state index is 8.71. The molecule has 2 saturated carbocycles. The van der Waals surface area contributed by atoms with Gasteiger partial charge in [0.25, 0.3) is 0 Å². The fourth-order valence-electron chi connectivity index (χ4n) is 3.64. The molecular formula is C15H29N3O. The van der Waals surface area contributed by atoms with Crippen LogP contribution in [0.5, 0.6) is 0 Å². The number of hydrogen-bond donors (Lipinski definition) is 2. The van der Waals surface area contributed by atoms with Crippen LogP contribution in [0, 0.1) is 11.3 Å². The fraction of sp³-hybridized carbons (Fsp3) is 0.933. The lowest BCUT2D eigenvalue weighted by molar-refractivity contribution is 0.139. The average Bonchev–Trinajstić information content (AvgIpc) is 3.18. The van der Waals surface area contributed by atoms with Gasteiger partial charge < -0.3 is 15.8 Å². The highest BCUT2D eigenvalue weighted by molar-refractivity contribution is 5.80. The van der Waals surface area contributed by atoms with Crippen molar-refractivity contribution in [1.29, 1.82) is 0 Å². The zero-order chi connectivity index (χ0) is 13.9. The van der Waals surface area contributed by atoms with Crippen molar-refractivity contribution in [3.63, 3.8) is 0 Å². The Bertz CT molecular complexity index is 317. The lowest BCUT2D eigenvalue weighted by atomic mass is 9.83. The molecule has 0 unspecified atom stereocenters. The van der Waals surface area contributed by atoms with Crippen LogP contribution >= 0.6 is 0 Å². The lowest BCUT2D eigenvalue weighted by Gasteiger charge is -2.36. The number of amidine groups is 1. The van der Waals surface area contributed by atoms with E-state index < -0.39 is 0 Å². The summed E-state index contributed by atoms with van der Waals surface area (Å²) < 4.78 is 0. The molecule has 3 N–H and O–H groups in total. The zero-order valence-corrected chi connectivity index (χ0v) is 12.4. The van der Waals surface area contributed by atoms with Crippen molar-refractivity contribution in [3.05, 3.63) is 0 Å². The van der Waals surface area contributed by atoms with E-state index in [-0.39, 0.29) is 0 Å². The minimum atomic E-state index is 0.298. The van der Waals surface area contributed by atoms with Crippen molar-refractivity contribution in [1.82, 2.24) is 4.90 Å². The Labute approximate surface area is 117 Å². The summed E-state index contributed by atoms with van der Waals surface area (Å²) in [6.07, 6.45) is 9.98. The van der Waals surface area contributed by atoms with Gasteiger partial charge in [0.1, 0.15) is 5.84 Å². The van der Waals surface area contributed by atoms with E-state index in [1.54, 1.807) is 0 Å². The molecule has 0 radical (unpaired) electrons. The Morgan fingerprint density at radius 2 is 1.95 bits per heavy atom. The van der Waals surface area contributed by atoms with Crippen molar-refractivity contribution in [2.75, 3.05) is 13.6 Å². The standard InChI is InChI=1S/C15H29N3O/c1-3-12-4-6-13(7-5-12)18(2)11-15(8-9-15)10-14(16)17-19/h12-13,19H,3-11H2,1-2H3,(H2,16,17). The molecule has 0 spiro atoms. The molecule has 4 nitrogen and oxygen atoms in total. The van der Waals surface area contributed by atoms with Gasteiger partial charge in [0.2, 0.25) is 0 Å². The largest absolute Gasteiger partial charge is 0.409 e. The van der Waals surface area contributed by atoms with Gasteiger partial charge in [0.05, 0.1) is 0 Å². The highest BCUT2D eigenvalue weighted by Crippen LogP contribution is 2.49. The monoisotopic (exact) mass is 267 g/mol. The van der Waals surface area contributed by atoms with E-state index in [2.05, 4.69) is 24.0 Å². The topological polar surface area (TPSA) is 61.8 Å². The summed E-state index contributed by atoms with van der Waals surface area (Å²) in [7, 11) is 2.25. The van der Waals surface area contributed by atoms with Gasteiger partial charge in [-0.15, -0.1) is 0 Å². The number of nitrogens with zero attached hydrogens (tertiary/aromatic N) is 2. The van der Waals surface area contributed by atoms with E-state index in [0.29, 0.717) is 11.3 Å². The van der Waals surface area contributed by atoms with Crippen LogP contribution in [-0.2, 0) is 0 Å². The van der Waals surface area contributed by atoms with E-state index in [9.17, 15) is 0 Å². The second kappa shape index (κ2) is 6.12. The molecule has 19 heavy (non-hydrogen) atoms. The summed E-state index contributed by atoms with van der Waals surface area (Å²) in [4.78, 5) is 2.53. The van der Waals surface area contributed by atoms with Crippen LogP contribution in [0.25, 0.3) is 0 Å². The van der Waals surface area contributed by atoms with Crippen molar-refractivity contribution in [3.8, 4) is 0 Å². The average molecular weight is 267 g/mol. The lowest BCUT2D eigenvalue weighted by Crippen LogP contribution is -2.39. The third kappa shape index (κ3) is 3.85. The second-order valence-electron chi connectivity index (χ2n) is 6.77. The number of oxime groups is 1. The van der Waals surface area contributed by atoms with E-state index >= 15 is 0 Å². The minimum Gasteiger partial charge on any atom is -0.409 e. The summed E-state index contributed by atoms with van der Waals surface area (Å²) in [5.41, 5.74) is 5.97. The van der Waals surface area contributed by atoms with Crippen LogP contribution in [0.4, 0.5) is 0 Å². The second-order valence-corrected chi connectivity index (χ2v) is 6.77. The van der Waals surface area contributed by atoms with Gasteiger partial charge in [0, 0.05) is 19.0 Å². The van der Waals surface area contributed by atoms with E-state index in [0.717, 1.165) is 24.9 Å². The molecule has 2 aliphatic rings. The quantitative estimate of drug-likeness (QED) is 0.337. The molecule has 4 heteroatoms. The summed E-state index contributed by atoms with van der Waals surface area (Å²) in [5, 5.41) is 11.8. The third-order valence-electron chi connectivity index (χ3n) is 5.24. The van der Waals surface area contributed by atoms with E-state index in [1.807, 2.05) is 0 Å². The first-order valence-corrected chi connectivity index (χ1v) is 7.75. The molecule has 0 aromatic heterocycles. The van der Waals surface area contributed by atoms with Crippen molar-refractivity contribution < 1.29 is 5.21 Å². The van der Waals surface area contributed by atoms with Gasteiger partial charge >= 0.3 is 0 Å². The smallest absolute Gasteiger partial charge is 0.139 e. The molecule has 0 heterocycles. The Morgan fingerprint density at radius 1 is 1.32 bits per heavy atom. The minimum absolute atomic E-state index is 0.298. The SMILES string of the molecule is CCC1CCC(N(C)CC2(CC(N)=NO)CC2)CC1. The van der Waals surface area contributed by atoms with Gasteiger partial charge in [-0.3, -0.25) is 0 Å². The van der Waals surface area contributed by atoms with E-state index in [1.165, 1.54) is 44.9 Å². The predicted octanol–water partition coefficient (Wildman–Crippen LogP) is 2.80. The Hall–Kier alpha value is -0.770. The molecule has 0 atom stereocenters. The van der Waals surface area contributed by atoms with Crippen LogP contribution in [0.3, 0.4) is 0 Å². The molecule has 2 aliphatic carbocycles. The highest BCUT2D eigenvalue weighted by Gasteiger charge is 2.44. The molecule has 0 amide bonds. The maximum Gasteiger partial charge on any atom is 0.139 e. The first-order chi connectivity index (χ1) is 9.08. The number of rotatable bonds is 6.